The van der Waals surface area contributed by atoms with Gasteiger partial charge in [-0.05, 0) is 31.1 Å². The molecule has 4 heteroatoms. The lowest BCUT2D eigenvalue weighted by Crippen LogP contribution is -2.32. The molecular formula is C15H24F2N2. The fourth-order valence-electron chi connectivity index (χ4n) is 2.05. The van der Waals surface area contributed by atoms with E-state index in [0.29, 0.717) is 6.54 Å². The zero-order chi connectivity index (χ0) is 14.1. The van der Waals surface area contributed by atoms with Crippen LogP contribution in [0.15, 0.2) is 24.3 Å². The van der Waals surface area contributed by atoms with E-state index in [9.17, 15) is 8.78 Å². The van der Waals surface area contributed by atoms with Gasteiger partial charge in [0, 0.05) is 25.2 Å². The molecule has 0 bridgehead atoms. The Kier molecular flexibility index (Phi) is 7.60. The Bertz CT molecular complexity index is 356. The highest BCUT2D eigenvalue weighted by Gasteiger charge is 2.06. The van der Waals surface area contributed by atoms with Gasteiger partial charge in [0.25, 0.3) is 6.43 Å². The summed E-state index contributed by atoms with van der Waals surface area (Å²) in [6.07, 6.45) is -1.23. The summed E-state index contributed by atoms with van der Waals surface area (Å²) >= 11 is 0. The minimum atomic E-state index is -2.39. The van der Waals surface area contributed by atoms with Crippen molar-refractivity contribution in [1.82, 2.24) is 10.2 Å². The first-order chi connectivity index (χ1) is 9.17. The van der Waals surface area contributed by atoms with Gasteiger partial charge in [0.05, 0.1) is 0 Å². The van der Waals surface area contributed by atoms with Crippen molar-refractivity contribution in [3.63, 3.8) is 0 Å². The molecule has 0 saturated carbocycles. The standard InChI is InChI=1S/C15H24F2N2/c1-3-9-19(4-2)10-8-18-12-13-6-5-7-14(11-13)15(16)17/h5-7,11,15,18H,3-4,8-10,12H2,1-2H3. The SMILES string of the molecule is CCCN(CC)CCNCc1cccc(C(F)F)c1. The molecule has 0 fully saturated rings. The van der Waals surface area contributed by atoms with Crippen molar-refractivity contribution in [2.45, 2.75) is 33.2 Å². The van der Waals surface area contributed by atoms with E-state index < -0.39 is 6.43 Å². The number of rotatable bonds is 9. The van der Waals surface area contributed by atoms with Gasteiger partial charge >= 0.3 is 0 Å². The Hall–Kier alpha value is -1.00. The van der Waals surface area contributed by atoms with Crippen LogP contribution in [0.25, 0.3) is 0 Å². The average molecular weight is 270 g/mol. The molecule has 2 nitrogen and oxygen atoms in total. The van der Waals surface area contributed by atoms with Crippen LogP contribution < -0.4 is 5.32 Å². The molecule has 108 valence electrons. The fraction of sp³-hybridized carbons (Fsp3) is 0.600. The first-order valence-corrected chi connectivity index (χ1v) is 6.97. The Morgan fingerprint density at radius 2 is 2.00 bits per heavy atom. The minimum Gasteiger partial charge on any atom is -0.311 e. The number of likely N-dealkylation sites (N-methyl/N-ethyl adjacent to an activating group) is 1. The van der Waals surface area contributed by atoms with Crippen LogP contribution in [0.4, 0.5) is 8.78 Å². The van der Waals surface area contributed by atoms with Gasteiger partial charge in [0.1, 0.15) is 0 Å². The molecule has 0 aliphatic carbocycles. The third-order valence-electron chi connectivity index (χ3n) is 3.12. The second kappa shape index (κ2) is 8.99. The van der Waals surface area contributed by atoms with Gasteiger partial charge in [0.15, 0.2) is 0 Å². The predicted molar refractivity (Wildman–Crippen MR) is 75.5 cm³/mol. The van der Waals surface area contributed by atoms with Gasteiger partial charge in [-0.1, -0.05) is 32.0 Å². The highest BCUT2D eigenvalue weighted by molar-refractivity contribution is 5.24. The predicted octanol–water partition coefficient (Wildman–Crippen LogP) is 3.45. The lowest BCUT2D eigenvalue weighted by atomic mass is 10.1. The van der Waals surface area contributed by atoms with Crippen LogP contribution in [0.3, 0.4) is 0 Å². The normalized spacial score (nSPS) is 11.5. The number of hydrogen-bond donors (Lipinski definition) is 1. The fourth-order valence-corrected chi connectivity index (χ4v) is 2.05. The molecule has 0 unspecified atom stereocenters. The summed E-state index contributed by atoms with van der Waals surface area (Å²) in [6, 6.07) is 6.60. The largest absolute Gasteiger partial charge is 0.311 e. The van der Waals surface area contributed by atoms with E-state index in [1.807, 2.05) is 6.07 Å². The summed E-state index contributed by atoms with van der Waals surface area (Å²) in [5.74, 6) is 0. The van der Waals surface area contributed by atoms with Crippen molar-refractivity contribution in [3.8, 4) is 0 Å². The van der Waals surface area contributed by atoms with Gasteiger partial charge < -0.3 is 10.2 Å². The van der Waals surface area contributed by atoms with E-state index in [2.05, 4.69) is 24.1 Å². The van der Waals surface area contributed by atoms with Crippen LogP contribution in [-0.2, 0) is 6.54 Å². The summed E-state index contributed by atoms with van der Waals surface area (Å²) in [5, 5.41) is 3.30. The number of alkyl halides is 2. The van der Waals surface area contributed by atoms with Crippen molar-refractivity contribution in [2.75, 3.05) is 26.2 Å². The Morgan fingerprint density at radius 3 is 2.63 bits per heavy atom. The van der Waals surface area contributed by atoms with Crippen LogP contribution in [0.5, 0.6) is 0 Å². The molecule has 0 aromatic heterocycles. The second-order valence-corrected chi connectivity index (χ2v) is 4.66. The molecule has 0 amide bonds. The van der Waals surface area contributed by atoms with E-state index in [1.54, 1.807) is 12.1 Å². The Balaban J connectivity index is 2.31. The van der Waals surface area contributed by atoms with Crippen molar-refractivity contribution < 1.29 is 8.78 Å². The first-order valence-electron chi connectivity index (χ1n) is 6.97. The van der Waals surface area contributed by atoms with E-state index in [-0.39, 0.29) is 5.56 Å². The maximum absolute atomic E-state index is 12.5. The quantitative estimate of drug-likeness (QED) is 0.691. The van der Waals surface area contributed by atoms with Crippen LogP contribution in [-0.4, -0.2) is 31.1 Å². The monoisotopic (exact) mass is 270 g/mol. The molecule has 0 atom stereocenters. The topological polar surface area (TPSA) is 15.3 Å². The van der Waals surface area contributed by atoms with Crippen LogP contribution in [0.1, 0.15) is 37.8 Å². The van der Waals surface area contributed by atoms with Crippen molar-refractivity contribution in [2.24, 2.45) is 0 Å². The Morgan fingerprint density at radius 1 is 1.21 bits per heavy atom. The highest BCUT2D eigenvalue weighted by Crippen LogP contribution is 2.19. The summed E-state index contributed by atoms with van der Waals surface area (Å²) in [4.78, 5) is 2.38. The zero-order valence-electron chi connectivity index (χ0n) is 11.8. The van der Waals surface area contributed by atoms with Gasteiger partial charge in [-0.2, -0.15) is 0 Å². The number of benzene rings is 1. The first kappa shape index (κ1) is 16.1. The van der Waals surface area contributed by atoms with Crippen molar-refractivity contribution in [3.05, 3.63) is 35.4 Å². The number of hydrogen-bond acceptors (Lipinski definition) is 2. The molecule has 1 aromatic rings. The number of halogens is 2. The van der Waals surface area contributed by atoms with Crippen molar-refractivity contribution >= 4 is 0 Å². The maximum atomic E-state index is 12.5. The molecule has 1 N–H and O–H groups in total. The Labute approximate surface area is 114 Å². The molecule has 0 heterocycles. The lowest BCUT2D eigenvalue weighted by Gasteiger charge is -2.19. The minimum absolute atomic E-state index is 0.0977. The molecule has 19 heavy (non-hydrogen) atoms. The smallest absolute Gasteiger partial charge is 0.263 e. The second-order valence-electron chi connectivity index (χ2n) is 4.66. The molecule has 0 saturated heterocycles. The molecule has 1 aromatic carbocycles. The average Bonchev–Trinajstić information content (AvgIpc) is 2.42. The third kappa shape index (κ3) is 6.12. The molecular weight excluding hydrogens is 246 g/mol. The van der Waals surface area contributed by atoms with E-state index in [0.717, 1.165) is 38.2 Å². The van der Waals surface area contributed by atoms with Crippen LogP contribution >= 0.6 is 0 Å². The van der Waals surface area contributed by atoms with E-state index in [1.165, 1.54) is 6.07 Å². The van der Waals surface area contributed by atoms with Crippen molar-refractivity contribution in [1.29, 1.82) is 0 Å². The zero-order valence-corrected chi connectivity index (χ0v) is 11.8. The summed E-state index contributed by atoms with van der Waals surface area (Å²) in [6.45, 7) is 9.01. The van der Waals surface area contributed by atoms with Gasteiger partial charge in [0.2, 0.25) is 0 Å². The van der Waals surface area contributed by atoms with Gasteiger partial charge in [-0.15, -0.1) is 0 Å². The van der Waals surface area contributed by atoms with Crippen LogP contribution in [0.2, 0.25) is 0 Å². The number of nitrogens with zero attached hydrogens (tertiary/aromatic N) is 1. The van der Waals surface area contributed by atoms with Crippen LogP contribution in [0, 0.1) is 0 Å². The summed E-state index contributed by atoms with van der Waals surface area (Å²) in [7, 11) is 0. The van der Waals surface area contributed by atoms with Gasteiger partial charge in [-0.25, -0.2) is 8.78 Å². The molecule has 0 spiro atoms. The van der Waals surface area contributed by atoms with E-state index in [4.69, 9.17) is 0 Å². The number of nitrogens with one attached hydrogen (secondary N) is 1. The maximum Gasteiger partial charge on any atom is 0.263 e. The molecule has 0 aliphatic rings. The third-order valence-corrected chi connectivity index (χ3v) is 3.12. The highest BCUT2D eigenvalue weighted by atomic mass is 19.3. The van der Waals surface area contributed by atoms with E-state index >= 15 is 0 Å². The van der Waals surface area contributed by atoms with Gasteiger partial charge in [-0.3, -0.25) is 0 Å². The lowest BCUT2D eigenvalue weighted by molar-refractivity contribution is 0.151. The molecule has 1 rings (SSSR count). The summed E-state index contributed by atoms with van der Waals surface area (Å²) in [5.41, 5.74) is 1.01. The molecule has 0 aliphatic heterocycles. The molecule has 0 radical (unpaired) electrons. The summed E-state index contributed by atoms with van der Waals surface area (Å²) < 4.78 is 25.1.